The molecule has 0 aliphatic heterocycles. The minimum absolute atomic E-state index is 0.174. The average Bonchev–Trinajstić information content (AvgIpc) is 2.79. The van der Waals surface area contributed by atoms with Crippen LogP contribution in [-0.2, 0) is 6.42 Å². The van der Waals surface area contributed by atoms with E-state index in [9.17, 15) is 0 Å². The van der Waals surface area contributed by atoms with Gasteiger partial charge in [0.1, 0.15) is 5.75 Å². The SMILES string of the molecule is COc1ccc(C(=N)c2cc(NC3CCCc4cc(C#N)ccc43)ccc2N)cc1. The second-order valence-corrected chi connectivity index (χ2v) is 7.52. The molecule has 0 saturated heterocycles. The summed E-state index contributed by atoms with van der Waals surface area (Å²) in [6, 6.07) is 21.5. The number of fused-ring (bicyclic) bond motifs is 1. The number of nitrogens with two attached hydrogens (primary N) is 1. The number of nitriles is 1. The zero-order valence-electron chi connectivity index (χ0n) is 16.9. The van der Waals surface area contributed by atoms with Crippen molar-refractivity contribution < 1.29 is 4.74 Å². The Balaban J connectivity index is 1.60. The Morgan fingerprint density at radius 3 is 2.67 bits per heavy atom. The summed E-state index contributed by atoms with van der Waals surface area (Å²) in [5.41, 5.74) is 12.7. The van der Waals surface area contributed by atoms with Gasteiger partial charge in [-0.25, -0.2) is 0 Å². The van der Waals surface area contributed by atoms with Crippen LogP contribution in [0.1, 0.15) is 46.7 Å². The van der Waals surface area contributed by atoms with Gasteiger partial charge in [-0.2, -0.15) is 5.26 Å². The number of rotatable bonds is 5. The Hall–Kier alpha value is -3.78. The molecule has 4 N–H and O–H groups in total. The van der Waals surface area contributed by atoms with E-state index >= 15 is 0 Å². The third kappa shape index (κ3) is 3.85. The molecule has 30 heavy (non-hydrogen) atoms. The number of benzene rings is 3. The molecule has 0 amide bonds. The van der Waals surface area contributed by atoms with Gasteiger partial charge in [0.2, 0.25) is 0 Å². The first-order valence-electron chi connectivity index (χ1n) is 10.0. The second kappa shape index (κ2) is 8.30. The topological polar surface area (TPSA) is 94.9 Å². The Bertz CT molecular complexity index is 1130. The van der Waals surface area contributed by atoms with E-state index in [2.05, 4.69) is 17.5 Å². The Morgan fingerprint density at radius 2 is 1.93 bits per heavy atom. The maximum absolute atomic E-state index is 9.17. The summed E-state index contributed by atoms with van der Waals surface area (Å²) in [6.45, 7) is 0. The van der Waals surface area contributed by atoms with Crippen LogP contribution in [-0.4, -0.2) is 12.8 Å². The predicted molar refractivity (Wildman–Crippen MR) is 120 cm³/mol. The minimum Gasteiger partial charge on any atom is -0.497 e. The van der Waals surface area contributed by atoms with E-state index in [0.717, 1.165) is 36.3 Å². The molecule has 5 nitrogen and oxygen atoms in total. The van der Waals surface area contributed by atoms with E-state index in [0.29, 0.717) is 22.5 Å². The van der Waals surface area contributed by atoms with Crippen LogP contribution in [0.2, 0.25) is 0 Å². The lowest BCUT2D eigenvalue weighted by molar-refractivity contribution is 0.415. The van der Waals surface area contributed by atoms with E-state index in [1.165, 1.54) is 11.1 Å². The molecule has 0 saturated carbocycles. The number of nitrogen functional groups attached to an aromatic ring is 1. The molecular weight excluding hydrogens is 372 g/mol. The normalized spacial score (nSPS) is 15.0. The van der Waals surface area contributed by atoms with Crippen molar-refractivity contribution in [2.45, 2.75) is 25.3 Å². The minimum atomic E-state index is 0.174. The fraction of sp³-hybridized carbons (Fsp3) is 0.200. The number of hydrogen-bond donors (Lipinski definition) is 3. The highest BCUT2D eigenvalue weighted by Gasteiger charge is 2.21. The van der Waals surface area contributed by atoms with Crippen LogP contribution in [0.3, 0.4) is 0 Å². The molecule has 1 aliphatic rings. The highest BCUT2D eigenvalue weighted by Crippen LogP contribution is 2.34. The molecule has 3 aromatic carbocycles. The summed E-state index contributed by atoms with van der Waals surface area (Å²) in [6.07, 6.45) is 3.09. The molecule has 0 spiro atoms. The molecule has 0 fully saturated rings. The number of methoxy groups -OCH3 is 1. The Morgan fingerprint density at radius 1 is 1.13 bits per heavy atom. The molecule has 1 atom stereocenters. The van der Waals surface area contributed by atoms with Crippen LogP contribution in [0, 0.1) is 16.7 Å². The molecule has 1 aliphatic carbocycles. The number of anilines is 2. The maximum atomic E-state index is 9.17. The van der Waals surface area contributed by atoms with Gasteiger partial charge < -0.3 is 15.8 Å². The van der Waals surface area contributed by atoms with Crippen LogP contribution < -0.4 is 15.8 Å². The predicted octanol–water partition coefficient (Wildman–Crippen LogP) is 5.05. The van der Waals surface area contributed by atoms with Crippen molar-refractivity contribution in [2.75, 3.05) is 18.2 Å². The summed E-state index contributed by atoms with van der Waals surface area (Å²) >= 11 is 0. The highest BCUT2D eigenvalue weighted by molar-refractivity contribution is 6.14. The maximum Gasteiger partial charge on any atom is 0.118 e. The van der Waals surface area contributed by atoms with Crippen molar-refractivity contribution >= 4 is 17.1 Å². The molecule has 0 bridgehead atoms. The first-order valence-corrected chi connectivity index (χ1v) is 10.0. The smallest absolute Gasteiger partial charge is 0.118 e. The number of ether oxygens (including phenoxy) is 1. The van der Waals surface area contributed by atoms with E-state index in [1.54, 1.807) is 7.11 Å². The molecule has 150 valence electrons. The summed E-state index contributed by atoms with van der Waals surface area (Å²) in [5.74, 6) is 0.755. The van der Waals surface area contributed by atoms with Crippen molar-refractivity contribution in [1.82, 2.24) is 0 Å². The fourth-order valence-corrected chi connectivity index (χ4v) is 4.01. The van der Waals surface area contributed by atoms with Crippen molar-refractivity contribution in [2.24, 2.45) is 0 Å². The van der Waals surface area contributed by atoms with Gasteiger partial charge in [0.05, 0.1) is 30.5 Å². The Kier molecular flexibility index (Phi) is 5.40. The number of nitrogens with zero attached hydrogens (tertiary/aromatic N) is 1. The lowest BCUT2D eigenvalue weighted by atomic mass is 9.86. The lowest BCUT2D eigenvalue weighted by Crippen LogP contribution is -2.18. The van der Waals surface area contributed by atoms with Gasteiger partial charge >= 0.3 is 0 Å². The molecule has 4 rings (SSSR count). The van der Waals surface area contributed by atoms with Crippen molar-refractivity contribution in [3.8, 4) is 11.8 Å². The lowest BCUT2D eigenvalue weighted by Gasteiger charge is -2.27. The van der Waals surface area contributed by atoms with Gasteiger partial charge in [-0.15, -0.1) is 0 Å². The van der Waals surface area contributed by atoms with E-state index in [4.69, 9.17) is 21.1 Å². The standard InChI is InChI=1S/C25H24N4O/c1-30-20-9-6-17(7-10-20)25(28)22-14-19(8-12-23(22)27)29-24-4-2-3-18-13-16(15-26)5-11-21(18)24/h5-14,24,28-29H,2-4,27H2,1H3. The second-order valence-electron chi connectivity index (χ2n) is 7.52. The Labute approximate surface area is 176 Å². The molecule has 0 radical (unpaired) electrons. The summed E-state index contributed by atoms with van der Waals surface area (Å²) < 4.78 is 5.20. The largest absolute Gasteiger partial charge is 0.497 e. The van der Waals surface area contributed by atoms with Crippen molar-refractivity contribution in [3.63, 3.8) is 0 Å². The van der Waals surface area contributed by atoms with Crippen LogP contribution in [0.15, 0.2) is 60.7 Å². The van der Waals surface area contributed by atoms with Gasteiger partial charge in [0, 0.05) is 22.5 Å². The third-order valence-electron chi connectivity index (χ3n) is 5.63. The molecule has 0 heterocycles. The highest BCUT2D eigenvalue weighted by atomic mass is 16.5. The molecule has 0 aromatic heterocycles. The van der Waals surface area contributed by atoms with Gasteiger partial charge in [-0.3, -0.25) is 5.41 Å². The number of nitrogens with one attached hydrogen (secondary N) is 2. The van der Waals surface area contributed by atoms with Crippen LogP contribution in [0.4, 0.5) is 11.4 Å². The molecule has 3 aromatic rings. The van der Waals surface area contributed by atoms with Gasteiger partial charge in [-0.1, -0.05) is 6.07 Å². The van der Waals surface area contributed by atoms with E-state index in [1.807, 2.05) is 54.6 Å². The number of aryl methyl sites for hydroxylation is 1. The van der Waals surface area contributed by atoms with Crippen molar-refractivity contribution in [1.29, 1.82) is 10.7 Å². The molecular formula is C25H24N4O. The monoisotopic (exact) mass is 396 g/mol. The van der Waals surface area contributed by atoms with Crippen LogP contribution >= 0.6 is 0 Å². The van der Waals surface area contributed by atoms with Gasteiger partial charge in [0.25, 0.3) is 0 Å². The van der Waals surface area contributed by atoms with Crippen LogP contribution in [0.5, 0.6) is 5.75 Å². The zero-order chi connectivity index (χ0) is 21.1. The zero-order valence-corrected chi connectivity index (χ0v) is 16.9. The summed E-state index contributed by atoms with van der Waals surface area (Å²) in [5, 5.41) is 21.4. The molecule has 5 heteroatoms. The van der Waals surface area contributed by atoms with Gasteiger partial charge in [-0.05, 0) is 85.0 Å². The quantitative estimate of drug-likeness (QED) is 0.415. The summed E-state index contributed by atoms with van der Waals surface area (Å²) in [4.78, 5) is 0. The summed E-state index contributed by atoms with van der Waals surface area (Å²) in [7, 11) is 1.62. The van der Waals surface area contributed by atoms with E-state index < -0.39 is 0 Å². The average molecular weight is 396 g/mol. The van der Waals surface area contributed by atoms with Crippen molar-refractivity contribution in [3.05, 3.63) is 88.5 Å². The fourth-order valence-electron chi connectivity index (χ4n) is 4.01. The van der Waals surface area contributed by atoms with Gasteiger partial charge in [0.15, 0.2) is 0 Å². The first kappa shape index (κ1) is 19.5. The van der Waals surface area contributed by atoms with Crippen LogP contribution in [0.25, 0.3) is 0 Å². The van der Waals surface area contributed by atoms with E-state index in [-0.39, 0.29) is 6.04 Å². The first-order chi connectivity index (χ1) is 14.6. The molecule has 1 unspecified atom stereocenters. The number of hydrogen-bond acceptors (Lipinski definition) is 5. The third-order valence-corrected chi connectivity index (χ3v) is 5.63.